The lowest BCUT2D eigenvalue weighted by atomic mass is 10.3. The molecule has 8 heteroatoms. The summed E-state index contributed by atoms with van der Waals surface area (Å²) in [6.07, 6.45) is 1.67. The van der Waals surface area contributed by atoms with Crippen molar-refractivity contribution < 1.29 is 19.1 Å². The van der Waals surface area contributed by atoms with Gasteiger partial charge in [0.05, 0.1) is 11.5 Å². The first-order chi connectivity index (χ1) is 10.5. The number of hydrogen-bond donors (Lipinski definition) is 1. The molecule has 1 unspecified atom stereocenters. The Labute approximate surface area is 136 Å². The normalized spacial score (nSPS) is 18.1. The van der Waals surface area contributed by atoms with Gasteiger partial charge < -0.3 is 10.1 Å². The lowest BCUT2D eigenvalue weighted by Crippen LogP contribution is -2.43. The minimum Gasteiger partial charge on any atom is -0.383 e. The van der Waals surface area contributed by atoms with E-state index in [-0.39, 0.29) is 18.5 Å². The number of rotatable bonds is 6. The predicted molar refractivity (Wildman–Crippen MR) is 86.5 cm³/mol. The van der Waals surface area contributed by atoms with Crippen LogP contribution >= 0.6 is 23.1 Å². The van der Waals surface area contributed by atoms with Crippen molar-refractivity contribution in [3.63, 3.8) is 0 Å². The largest absolute Gasteiger partial charge is 0.383 e. The third-order valence-electron chi connectivity index (χ3n) is 2.82. The molecule has 2 heterocycles. The molecule has 1 aliphatic rings. The van der Waals surface area contributed by atoms with Crippen molar-refractivity contribution >= 4 is 46.2 Å². The van der Waals surface area contributed by atoms with Crippen LogP contribution in [0.1, 0.15) is 11.8 Å². The molecule has 0 bridgehead atoms. The quantitative estimate of drug-likeness (QED) is 0.801. The number of nitrogens with zero attached hydrogens (tertiary/aromatic N) is 1. The fourth-order valence-corrected chi connectivity index (χ4v) is 3.46. The summed E-state index contributed by atoms with van der Waals surface area (Å²) in [5, 5.41) is 4.13. The van der Waals surface area contributed by atoms with Crippen molar-refractivity contribution in [1.82, 2.24) is 10.2 Å². The Balaban J connectivity index is 1.99. The molecule has 0 aromatic carbocycles. The molecule has 1 saturated heterocycles. The number of hydrogen-bond acceptors (Lipinski definition) is 6. The van der Waals surface area contributed by atoms with Crippen LogP contribution in [0, 0.1) is 0 Å². The summed E-state index contributed by atoms with van der Waals surface area (Å²) < 4.78 is 4.92. The van der Waals surface area contributed by atoms with Crippen molar-refractivity contribution in [1.29, 1.82) is 0 Å². The Bertz CT molecular complexity index is 598. The molecule has 118 valence electrons. The highest BCUT2D eigenvalue weighted by atomic mass is 32.2. The standard InChI is InChI=1S/C14H16N2O4S2/c1-9(8-20-2)15-12(17)7-16-13(18)11(22-14(16)19)6-10-4-3-5-21-10/h3-6,9H,7-8H2,1-2H3,(H,15,17)/b11-6-. The molecule has 3 amide bonds. The number of thiophene rings is 1. The van der Waals surface area contributed by atoms with Crippen LogP contribution in [-0.4, -0.2) is 48.3 Å². The first-order valence-electron chi connectivity index (χ1n) is 6.58. The molecule has 1 fully saturated rings. The molecule has 6 nitrogen and oxygen atoms in total. The average molecular weight is 340 g/mol. The lowest BCUT2D eigenvalue weighted by Gasteiger charge is -2.16. The fourth-order valence-electron chi connectivity index (χ4n) is 1.89. The van der Waals surface area contributed by atoms with Crippen LogP contribution in [0.15, 0.2) is 22.4 Å². The van der Waals surface area contributed by atoms with E-state index in [0.29, 0.717) is 11.5 Å². The molecule has 0 aliphatic carbocycles. The van der Waals surface area contributed by atoms with Crippen molar-refractivity contribution in [2.75, 3.05) is 20.3 Å². The number of carbonyl (C=O) groups is 3. The van der Waals surface area contributed by atoms with Gasteiger partial charge in [0.2, 0.25) is 5.91 Å². The van der Waals surface area contributed by atoms with Crippen molar-refractivity contribution in [3.8, 4) is 0 Å². The van der Waals surface area contributed by atoms with E-state index in [1.165, 1.54) is 18.4 Å². The van der Waals surface area contributed by atoms with Crippen LogP contribution in [0.4, 0.5) is 4.79 Å². The summed E-state index contributed by atoms with van der Waals surface area (Å²) in [6.45, 7) is 1.87. The highest BCUT2D eigenvalue weighted by Gasteiger charge is 2.36. The molecule has 1 atom stereocenters. The zero-order valence-electron chi connectivity index (χ0n) is 12.2. The highest BCUT2D eigenvalue weighted by Crippen LogP contribution is 2.32. The molecule has 1 N–H and O–H groups in total. The Morgan fingerprint density at radius 2 is 2.27 bits per heavy atom. The second kappa shape index (κ2) is 7.57. The van der Waals surface area contributed by atoms with Gasteiger partial charge in [-0.1, -0.05) is 6.07 Å². The number of amides is 3. The van der Waals surface area contributed by atoms with E-state index in [1.807, 2.05) is 17.5 Å². The Morgan fingerprint density at radius 1 is 1.50 bits per heavy atom. The summed E-state index contributed by atoms with van der Waals surface area (Å²) in [5.74, 6) is -0.817. The number of carbonyl (C=O) groups excluding carboxylic acids is 3. The number of methoxy groups -OCH3 is 1. The Kier molecular flexibility index (Phi) is 5.76. The van der Waals surface area contributed by atoms with E-state index in [1.54, 1.807) is 13.0 Å². The molecule has 1 aromatic heterocycles. The third kappa shape index (κ3) is 4.19. The molecule has 0 spiro atoms. The lowest BCUT2D eigenvalue weighted by molar-refractivity contribution is -0.129. The van der Waals surface area contributed by atoms with E-state index in [4.69, 9.17) is 4.74 Å². The van der Waals surface area contributed by atoms with E-state index in [0.717, 1.165) is 21.5 Å². The number of nitrogens with one attached hydrogen (secondary N) is 1. The van der Waals surface area contributed by atoms with Gasteiger partial charge in [-0.15, -0.1) is 11.3 Å². The molecule has 1 aliphatic heterocycles. The van der Waals surface area contributed by atoms with Crippen LogP contribution in [0.3, 0.4) is 0 Å². The smallest absolute Gasteiger partial charge is 0.294 e. The molecular formula is C14H16N2O4S2. The summed E-state index contributed by atoms with van der Waals surface area (Å²) in [6, 6.07) is 3.54. The third-order valence-corrected chi connectivity index (χ3v) is 4.54. The summed E-state index contributed by atoms with van der Waals surface area (Å²) in [5.41, 5.74) is 0. The zero-order chi connectivity index (χ0) is 16.1. The van der Waals surface area contributed by atoms with E-state index in [2.05, 4.69) is 5.32 Å². The van der Waals surface area contributed by atoms with Gasteiger partial charge in [-0.2, -0.15) is 0 Å². The van der Waals surface area contributed by atoms with Crippen LogP contribution in [0.2, 0.25) is 0 Å². The molecule has 1 aromatic rings. The number of ether oxygens (including phenoxy) is 1. The zero-order valence-corrected chi connectivity index (χ0v) is 13.8. The van der Waals surface area contributed by atoms with Gasteiger partial charge in [-0.05, 0) is 36.2 Å². The van der Waals surface area contributed by atoms with Crippen LogP contribution in [0.5, 0.6) is 0 Å². The first kappa shape index (κ1) is 16.7. The topological polar surface area (TPSA) is 75.7 Å². The minimum atomic E-state index is -0.432. The van der Waals surface area contributed by atoms with E-state index in [9.17, 15) is 14.4 Å². The summed E-state index contributed by atoms with van der Waals surface area (Å²) in [4.78, 5) is 38.1. The van der Waals surface area contributed by atoms with Gasteiger partial charge >= 0.3 is 0 Å². The molecule has 0 saturated carbocycles. The maximum absolute atomic E-state index is 12.2. The maximum Gasteiger partial charge on any atom is 0.294 e. The second-order valence-electron chi connectivity index (χ2n) is 4.71. The van der Waals surface area contributed by atoms with E-state index >= 15 is 0 Å². The Hall–Kier alpha value is -1.64. The van der Waals surface area contributed by atoms with Gasteiger partial charge in [-0.25, -0.2) is 0 Å². The average Bonchev–Trinajstić information content (AvgIpc) is 3.04. The highest BCUT2D eigenvalue weighted by molar-refractivity contribution is 8.18. The number of imide groups is 1. The molecule has 22 heavy (non-hydrogen) atoms. The van der Waals surface area contributed by atoms with Crippen LogP contribution in [0.25, 0.3) is 6.08 Å². The van der Waals surface area contributed by atoms with Crippen LogP contribution < -0.4 is 5.32 Å². The van der Waals surface area contributed by atoms with Crippen molar-refractivity contribution in [2.45, 2.75) is 13.0 Å². The molecule has 2 rings (SSSR count). The van der Waals surface area contributed by atoms with Gasteiger partial charge in [0, 0.05) is 18.0 Å². The first-order valence-corrected chi connectivity index (χ1v) is 8.28. The van der Waals surface area contributed by atoms with Crippen molar-refractivity contribution in [2.24, 2.45) is 0 Å². The van der Waals surface area contributed by atoms with Gasteiger partial charge in [-0.3, -0.25) is 19.3 Å². The van der Waals surface area contributed by atoms with Gasteiger partial charge in [0.15, 0.2) is 0 Å². The molecule has 0 radical (unpaired) electrons. The fraction of sp³-hybridized carbons (Fsp3) is 0.357. The SMILES string of the molecule is COCC(C)NC(=O)CN1C(=O)S/C(=C\c2cccs2)C1=O. The van der Waals surface area contributed by atoms with Gasteiger partial charge in [0.1, 0.15) is 6.54 Å². The van der Waals surface area contributed by atoms with Crippen molar-refractivity contribution in [3.05, 3.63) is 27.3 Å². The second-order valence-corrected chi connectivity index (χ2v) is 6.68. The van der Waals surface area contributed by atoms with E-state index < -0.39 is 11.1 Å². The summed E-state index contributed by atoms with van der Waals surface area (Å²) >= 11 is 2.33. The van der Waals surface area contributed by atoms with Crippen LogP contribution in [-0.2, 0) is 14.3 Å². The predicted octanol–water partition coefficient (Wildman–Crippen LogP) is 1.94. The number of thioether (sulfide) groups is 1. The minimum absolute atomic E-state index is 0.181. The maximum atomic E-state index is 12.2. The summed E-state index contributed by atoms with van der Waals surface area (Å²) in [7, 11) is 1.54. The van der Waals surface area contributed by atoms with Gasteiger partial charge in [0.25, 0.3) is 11.1 Å². The molecular weight excluding hydrogens is 324 g/mol. The monoisotopic (exact) mass is 340 g/mol. The Morgan fingerprint density at radius 3 is 2.91 bits per heavy atom.